The first-order valence-corrected chi connectivity index (χ1v) is 11.1. The molecule has 1 atom stereocenters. The molecule has 0 spiro atoms. The molecule has 1 aliphatic rings. The maximum absolute atomic E-state index is 12.7. The maximum atomic E-state index is 12.7. The van der Waals surface area contributed by atoms with Crippen LogP contribution in [0.25, 0.3) is 0 Å². The smallest absolute Gasteiger partial charge is 0.265 e. The summed E-state index contributed by atoms with van der Waals surface area (Å²) in [5.41, 5.74) is 0.540. The fourth-order valence-electron chi connectivity index (χ4n) is 3.17. The molecule has 1 amide bonds. The van der Waals surface area contributed by atoms with Crippen LogP contribution in [0.4, 0.5) is 5.69 Å². The van der Waals surface area contributed by atoms with E-state index in [1.807, 2.05) is 25.1 Å². The molecule has 0 saturated carbocycles. The summed E-state index contributed by atoms with van der Waals surface area (Å²) in [4.78, 5) is 12.8. The summed E-state index contributed by atoms with van der Waals surface area (Å²) in [6.45, 7) is 3.01. The largest absolute Gasteiger partial charge is 0.481 e. The van der Waals surface area contributed by atoms with E-state index in [2.05, 4.69) is 5.32 Å². The quantitative estimate of drug-likeness (QED) is 0.767. The van der Waals surface area contributed by atoms with Gasteiger partial charge in [-0.1, -0.05) is 31.5 Å². The van der Waals surface area contributed by atoms with E-state index in [9.17, 15) is 13.2 Å². The van der Waals surface area contributed by atoms with Gasteiger partial charge in [0, 0.05) is 18.8 Å². The number of amides is 1. The molecule has 2 aromatic carbocycles. The maximum Gasteiger partial charge on any atom is 0.265 e. The summed E-state index contributed by atoms with van der Waals surface area (Å²) in [5.74, 6) is 0.366. The first-order valence-electron chi connectivity index (χ1n) is 9.63. The van der Waals surface area contributed by atoms with Gasteiger partial charge in [-0.2, -0.15) is 4.31 Å². The van der Waals surface area contributed by atoms with Gasteiger partial charge >= 0.3 is 0 Å². The van der Waals surface area contributed by atoms with Crippen molar-refractivity contribution in [3.05, 3.63) is 54.6 Å². The predicted octanol–water partition coefficient (Wildman–Crippen LogP) is 3.66. The molecule has 28 heavy (non-hydrogen) atoms. The average Bonchev–Trinajstić information content (AvgIpc) is 2.73. The van der Waals surface area contributed by atoms with Gasteiger partial charge in [-0.25, -0.2) is 8.42 Å². The van der Waals surface area contributed by atoms with Crippen LogP contribution in [0.5, 0.6) is 5.75 Å². The number of benzene rings is 2. The van der Waals surface area contributed by atoms with Crippen molar-refractivity contribution in [3.8, 4) is 5.75 Å². The summed E-state index contributed by atoms with van der Waals surface area (Å²) < 4.78 is 32.7. The van der Waals surface area contributed by atoms with Gasteiger partial charge in [0.15, 0.2) is 6.10 Å². The van der Waals surface area contributed by atoms with Crippen LogP contribution in [0.1, 0.15) is 32.6 Å². The van der Waals surface area contributed by atoms with Gasteiger partial charge in [-0.05, 0) is 55.7 Å². The molecule has 1 fully saturated rings. The van der Waals surface area contributed by atoms with E-state index in [-0.39, 0.29) is 10.8 Å². The third-order valence-corrected chi connectivity index (χ3v) is 6.67. The zero-order chi connectivity index (χ0) is 20.0. The van der Waals surface area contributed by atoms with Crippen LogP contribution in [-0.2, 0) is 14.8 Å². The Morgan fingerprint density at radius 1 is 1.04 bits per heavy atom. The fourth-order valence-corrected chi connectivity index (χ4v) is 4.69. The van der Waals surface area contributed by atoms with Crippen LogP contribution in [0.15, 0.2) is 59.5 Å². The zero-order valence-electron chi connectivity index (χ0n) is 16.0. The molecule has 7 heteroatoms. The molecule has 0 aliphatic carbocycles. The lowest BCUT2D eigenvalue weighted by Gasteiger charge is -2.26. The minimum absolute atomic E-state index is 0.250. The molecular formula is C21H26N2O4S. The second-order valence-corrected chi connectivity index (χ2v) is 8.74. The van der Waals surface area contributed by atoms with E-state index in [1.165, 1.54) is 4.31 Å². The second kappa shape index (κ2) is 9.21. The van der Waals surface area contributed by atoms with Crippen molar-refractivity contribution in [2.24, 2.45) is 0 Å². The third-order valence-electron chi connectivity index (χ3n) is 4.76. The highest BCUT2D eigenvalue weighted by Gasteiger charge is 2.26. The highest BCUT2D eigenvalue weighted by atomic mass is 32.2. The van der Waals surface area contributed by atoms with Crippen molar-refractivity contribution >= 4 is 21.6 Å². The monoisotopic (exact) mass is 402 g/mol. The van der Waals surface area contributed by atoms with Gasteiger partial charge in [-0.15, -0.1) is 0 Å². The molecule has 6 nitrogen and oxygen atoms in total. The second-order valence-electron chi connectivity index (χ2n) is 6.81. The third kappa shape index (κ3) is 4.91. The average molecular weight is 403 g/mol. The Kier molecular flexibility index (Phi) is 6.70. The van der Waals surface area contributed by atoms with Crippen molar-refractivity contribution in [1.82, 2.24) is 4.31 Å². The van der Waals surface area contributed by atoms with E-state index < -0.39 is 16.1 Å². The molecule has 1 saturated heterocycles. The van der Waals surface area contributed by atoms with Crippen LogP contribution in [0.3, 0.4) is 0 Å². The van der Waals surface area contributed by atoms with Gasteiger partial charge in [0.2, 0.25) is 10.0 Å². The number of para-hydroxylation sites is 1. The van der Waals surface area contributed by atoms with E-state index in [0.717, 1.165) is 19.3 Å². The number of ether oxygens (including phenoxy) is 1. The Balaban J connectivity index is 1.65. The molecule has 150 valence electrons. The molecule has 0 unspecified atom stereocenters. The summed E-state index contributed by atoms with van der Waals surface area (Å²) >= 11 is 0. The number of sulfonamides is 1. The van der Waals surface area contributed by atoms with E-state index in [1.54, 1.807) is 36.4 Å². The first kappa shape index (κ1) is 20.4. The lowest BCUT2D eigenvalue weighted by molar-refractivity contribution is -0.122. The highest BCUT2D eigenvalue weighted by molar-refractivity contribution is 7.89. The van der Waals surface area contributed by atoms with Crippen molar-refractivity contribution in [3.63, 3.8) is 0 Å². The van der Waals surface area contributed by atoms with Crippen molar-refractivity contribution in [1.29, 1.82) is 0 Å². The molecule has 3 rings (SSSR count). The molecule has 1 aliphatic heterocycles. The molecule has 0 radical (unpaired) electrons. The lowest BCUT2D eigenvalue weighted by Crippen LogP contribution is -2.35. The lowest BCUT2D eigenvalue weighted by atomic mass is 10.2. The predicted molar refractivity (Wildman–Crippen MR) is 109 cm³/mol. The standard InChI is InChI=1S/C21H26N2O4S/c1-2-20(27-18-9-5-3-6-10-18)21(24)22-17-11-13-19(14-12-17)28(25,26)23-15-7-4-8-16-23/h3,5-6,9-14,20H,2,4,7-8,15-16H2,1H3,(H,22,24)/t20-/m0/s1. The van der Waals surface area contributed by atoms with E-state index in [0.29, 0.717) is 30.9 Å². The normalized spacial score (nSPS) is 16.3. The Labute approximate surface area is 166 Å². The highest BCUT2D eigenvalue weighted by Crippen LogP contribution is 2.22. The van der Waals surface area contributed by atoms with E-state index in [4.69, 9.17) is 4.74 Å². The Morgan fingerprint density at radius 2 is 1.68 bits per heavy atom. The number of carbonyl (C=O) groups is 1. The summed E-state index contributed by atoms with van der Waals surface area (Å²) in [7, 11) is -3.47. The minimum Gasteiger partial charge on any atom is -0.481 e. The van der Waals surface area contributed by atoms with E-state index >= 15 is 0 Å². The van der Waals surface area contributed by atoms with Gasteiger partial charge in [0.25, 0.3) is 5.91 Å². The van der Waals surface area contributed by atoms with Crippen molar-refractivity contribution in [2.75, 3.05) is 18.4 Å². The molecule has 1 N–H and O–H groups in total. The fraction of sp³-hybridized carbons (Fsp3) is 0.381. The van der Waals surface area contributed by atoms with Crippen molar-refractivity contribution < 1.29 is 17.9 Å². The van der Waals surface area contributed by atoms with Crippen LogP contribution in [-0.4, -0.2) is 37.8 Å². The van der Waals surface area contributed by atoms with Crippen LogP contribution >= 0.6 is 0 Å². The topological polar surface area (TPSA) is 75.7 Å². The number of nitrogens with one attached hydrogen (secondary N) is 1. The summed E-state index contributed by atoms with van der Waals surface area (Å²) in [6, 6.07) is 15.5. The number of piperidine rings is 1. The first-order chi connectivity index (χ1) is 13.5. The molecule has 0 bridgehead atoms. The number of anilines is 1. The van der Waals surface area contributed by atoms with Crippen molar-refractivity contribution in [2.45, 2.75) is 43.6 Å². The summed E-state index contributed by atoms with van der Waals surface area (Å²) in [6.07, 6.45) is 2.75. The van der Waals surface area contributed by atoms with Crippen LogP contribution in [0.2, 0.25) is 0 Å². The van der Waals surface area contributed by atoms with Crippen LogP contribution < -0.4 is 10.1 Å². The zero-order valence-corrected chi connectivity index (χ0v) is 16.8. The van der Waals surface area contributed by atoms with Gasteiger partial charge in [-0.3, -0.25) is 4.79 Å². The van der Waals surface area contributed by atoms with Gasteiger partial charge < -0.3 is 10.1 Å². The minimum atomic E-state index is -3.47. The molecular weight excluding hydrogens is 376 g/mol. The summed E-state index contributed by atoms with van der Waals surface area (Å²) in [5, 5.41) is 2.80. The number of hydrogen-bond donors (Lipinski definition) is 1. The number of rotatable bonds is 7. The van der Waals surface area contributed by atoms with Gasteiger partial charge in [0.05, 0.1) is 4.90 Å². The molecule has 0 aromatic heterocycles. The molecule has 2 aromatic rings. The number of nitrogens with zero attached hydrogens (tertiary/aromatic N) is 1. The number of carbonyl (C=O) groups excluding carboxylic acids is 1. The van der Waals surface area contributed by atoms with Gasteiger partial charge in [0.1, 0.15) is 5.75 Å². The number of hydrogen-bond acceptors (Lipinski definition) is 4. The van der Waals surface area contributed by atoms with Crippen LogP contribution in [0, 0.1) is 0 Å². The Bertz CT molecular complexity index is 876. The Hall–Kier alpha value is -2.38. The molecule has 1 heterocycles. The SMILES string of the molecule is CC[C@H](Oc1ccccc1)C(=O)Nc1ccc(S(=O)(=O)N2CCCCC2)cc1. The Morgan fingerprint density at radius 3 is 2.29 bits per heavy atom.